The summed E-state index contributed by atoms with van der Waals surface area (Å²) >= 11 is 0. The Balaban J connectivity index is 4.13. The standard InChI is InChI=1S/C22H42O6/c1-3-5-7-9-11-13-15-19(24)22(27,18-23)20(25)17-28-21(26)16-14-12-10-8-6-4-2/h20,23,25,27H,3-18H2,1-2H3/t20-,22-/m1/s1. The second-order valence-electron chi connectivity index (χ2n) is 7.74. The molecule has 0 aromatic rings. The van der Waals surface area contributed by atoms with Gasteiger partial charge in [0, 0.05) is 12.8 Å². The van der Waals surface area contributed by atoms with Crippen molar-refractivity contribution in [3.8, 4) is 0 Å². The third-order valence-electron chi connectivity index (χ3n) is 5.17. The molecule has 0 spiro atoms. The van der Waals surface area contributed by atoms with Gasteiger partial charge in [-0.2, -0.15) is 0 Å². The number of ether oxygens (including phenoxy) is 1. The van der Waals surface area contributed by atoms with Crippen molar-refractivity contribution >= 4 is 11.8 Å². The van der Waals surface area contributed by atoms with Crippen molar-refractivity contribution in [3.63, 3.8) is 0 Å². The van der Waals surface area contributed by atoms with Gasteiger partial charge in [-0.15, -0.1) is 0 Å². The summed E-state index contributed by atoms with van der Waals surface area (Å²) in [6.45, 7) is 2.90. The van der Waals surface area contributed by atoms with Gasteiger partial charge in [0.05, 0.1) is 6.61 Å². The van der Waals surface area contributed by atoms with Crippen molar-refractivity contribution in [1.82, 2.24) is 0 Å². The molecule has 2 atom stereocenters. The summed E-state index contributed by atoms with van der Waals surface area (Å²) in [4.78, 5) is 24.0. The third kappa shape index (κ3) is 11.8. The quantitative estimate of drug-likeness (QED) is 0.225. The zero-order valence-corrected chi connectivity index (χ0v) is 18.0. The molecular formula is C22H42O6. The lowest BCUT2D eigenvalue weighted by atomic mass is 9.89. The summed E-state index contributed by atoms with van der Waals surface area (Å²) in [7, 11) is 0. The number of esters is 1. The molecule has 0 aliphatic heterocycles. The molecule has 0 saturated heterocycles. The molecule has 0 rings (SSSR count). The minimum atomic E-state index is -2.27. The first-order valence-corrected chi connectivity index (χ1v) is 11.1. The predicted molar refractivity (Wildman–Crippen MR) is 110 cm³/mol. The van der Waals surface area contributed by atoms with Crippen LogP contribution in [0, 0.1) is 0 Å². The van der Waals surface area contributed by atoms with Crippen molar-refractivity contribution in [1.29, 1.82) is 0 Å². The van der Waals surface area contributed by atoms with Crippen LogP contribution in [0.15, 0.2) is 0 Å². The van der Waals surface area contributed by atoms with Crippen LogP contribution in [0.4, 0.5) is 0 Å². The molecule has 0 fully saturated rings. The highest BCUT2D eigenvalue weighted by Gasteiger charge is 2.42. The van der Waals surface area contributed by atoms with E-state index < -0.39 is 36.7 Å². The van der Waals surface area contributed by atoms with Crippen LogP contribution in [0.2, 0.25) is 0 Å². The van der Waals surface area contributed by atoms with E-state index in [9.17, 15) is 24.9 Å². The first-order chi connectivity index (χ1) is 13.4. The van der Waals surface area contributed by atoms with E-state index in [0.717, 1.165) is 57.8 Å². The molecule has 0 amide bonds. The number of unbranched alkanes of at least 4 members (excludes halogenated alkanes) is 10. The summed E-state index contributed by atoms with van der Waals surface area (Å²) in [5.41, 5.74) is -2.27. The van der Waals surface area contributed by atoms with Gasteiger partial charge < -0.3 is 20.1 Å². The second-order valence-corrected chi connectivity index (χ2v) is 7.74. The van der Waals surface area contributed by atoms with Crippen LogP contribution in [-0.4, -0.2) is 52.0 Å². The molecule has 6 heteroatoms. The third-order valence-corrected chi connectivity index (χ3v) is 5.17. The molecule has 0 saturated carbocycles. The maximum Gasteiger partial charge on any atom is 0.305 e. The summed E-state index contributed by atoms with van der Waals surface area (Å²) in [6, 6.07) is 0. The number of aliphatic hydroxyl groups excluding tert-OH is 2. The fourth-order valence-corrected chi connectivity index (χ4v) is 3.09. The molecule has 3 N–H and O–H groups in total. The molecule has 166 valence electrons. The molecule has 0 aliphatic rings. The average molecular weight is 403 g/mol. The van der Waals surface area contributed by atoms with Crippen LogP contribution in [0.25, 0.3) is 0 Å². The lowest BCUT2D eigenvalue weighted by Crippen LogP contribution is -2.54. The number of carbonyl (C=O) groups excluding carboxylic acids is 2. The number of ketones is 1. The Morgan fingerprint density at radius 1 is 0.821 bits per heavy atom. The van der Waals surface area contributed by atoms with Gasteiger partial charge in [0.15, 0.2) is 11.4 Å². The molecule has 6 nitrogen and oxygen atoms in total. The highest BCUT2D eigenvalue weighted by molar-refractivity contribution is 5.88. The first kappa shape index (κ1) is 27.0. The minimum absolute atomic E-state index is 0.0892. The lowest BCUT2D eigenvalue weighted by molar-refractivity contribution is -0.170. The number of rotatable bonds is 19. The van der Waals surface area contributed by atoms with Gasteiger partial charge in [-0.05, 0) is 12.8 Å². The van der Waals surface area contributed by atoms with E-state index in [1.165, 1.54) is 12.8 Å². The van der Waals surface area contributed by atoms with E-state index >= 15 is 0 Å². The van der Waals surface area contributed by atoms with Crippen molar-refractivity contribution in [2.45, 2.75) is 115 Å². The minimum Gasteiger partial charge on any atom is -0.463 e. The molecule has 0 aromatic heterocycles. The molecule has 0 bridgehead atoms. The Bertz CT molecular complexity index is 412. The van der Waals surface area contributed by atoms with E-state index in [0.29, 0.717) is 6.42 Å². The average Bonchev–Trinajstić information content (AvgIpc) is 2.70. The van der Waals surface area contributed by atoms with Crippen molar-refractivity contribution < 1.29 is 29.6 Å². The highest BCUT2D eigenvalue weighted by Crippen LogP contribution is 2.18. The summed E-state index contributed by atoms with van der Waals surface area (Å²) < 4.78 is 4.99. The second kappa shape index (κ2) is 16.9. The van der Waals surface area contributed by atoms with Gasteiger partial charge >= 0.3 is 5.97 Å². The summed E-state index contributed by atoms with van der Waals surface area (Å²) in [6.07, 6.45) is 10.9. The van der Waals surface area contributed by atoms with Crippen LogP contribution in [-0.2, 0) is 14.3 Å². The highest BCUT2D eigenvalue weighted by atomic mass is 16.5. The molecule has 0 aliphatic carbocycles. The van der Waals surface area contributed by atoms with E-state index in [1.54, 1.807) is 0 Å². The van der Waals surface area contributed by atoms with Crippen LogP contribution >= 0.6 is 0 Å². The fourth-order valence-electron chi connectivity index (χ4n) is 3.09. The molecule has 28 heavy (non-hydrogen) atoms. The van der Waals surface area contributed by atoms with Gasteiger partial charge in [0.1, 0.15) is 12.7 Å². The Hall–Kier alpha value is -0.980. The number of aliphatic hydroxyl groups is 3. The monoisotopic (exact) mass is 402 g/mol. The molecule has 0 heterocycles. The van der Waals surface area contributed by atoms with E-state index in [2.05, 4.69) is 13.8 Å². The van der Waals surface area contributed by atoms with Gasteiger partial charge in [0.2, 0.25) is 0 Å². The normalized spacial score (nSPS) is 14.5. The van der Waals surface area contributed by atoms with E-state index in [1.807, 2.05) is 0 Å². The molecule has 0 aromatic carbocycles. The van der Waals surface area contributed by atoms with E-state index in [4.69, 9.17) is 4.74 Å². The fraction of sp³-hybridized carbons (Fsp3) is 0.909. The molecule has 0 unspecified atom stereocenters. The van der Waals surface area contributed by atoms with Crippen molar-refractivity contribution in [3.05, 3.63) is 0 Å². The molecule has 0 radical (unpaired) electrons. The zero-order chi connectivity index (χ0) is 21.3. The van der Waals surface area contributed by atoms with Crippen LogP contribution in [0.5, 0.6) is 0 Å². The number of hydrogen-bond donors (Lipinski definition) is 3. The van der Waals surface area contributed by atoms with Crippen LogP contribution in [0.1, 0.15) is 104 Å². The Kier molecular flexibility index (Phi) is 16.3. The number of hydrogen-bond acceptors (Lipinski definition) is 6. The number of carbonyl (C=O) groups is 2. The maximum atomic E-state index is 12.3. The van der Waals surface area contributed by atoms with Gasteiger partial charge in [-0.3, -0.25) is 9.59 Å². The van der Waals surface area contributed by atoms with Crippen LogP contribution in [0.3, 0.4) is 0 Å². The summed E-state index contributed by atoms with van der Waals surface area (Å²) in [5, 5.41) is 29.9. The number of Topliss-reactive ketones (excluding diaryl/α,β-unsaturated/α-hetero) is 1. The van der Waals surface area contributed by atoms with Gasteiger partial charge in [-0.25, -0.2) is 0 Å². The summed E-state index contributed by atoms with van der Waals surface area (Å²) in [5.74, 6) is -1.07. The Labute approximate surface area is 170 Å². The zero-order valence-electron chi connectivity index (χ0n) is 18.0. The van der Waals surface area contributed by atoms with Crippen molar-refractivity contribution in [2.24, 2.45) is 0 Å². The SMILES string of the molecule is CCCCCCCCC(=O)OC[C@@H](O)[C@@](O)(CO)C(=O)CCCCCCCC. The van der Waals surface area contributed by atoms with Gasteiger partial charge in [-0.1, -0.05) is 78.1 Å². The van der Waals surface area contributed by atoms with E-state index in [-0.39, 0.29) is 12.8 Å². The first-order valence-electron chi connectivity index (χ1n) is 11.1. The van der Waals surface area contributed by atoms with Gasteiger partial charge in [0.25, 0.3) is 0 Å². The lowest BCUT2D eigenvalue weighted by Gasteiger charge is -2.29. The predicted octanol–water partition coefficient (Wildman–Crippen LogP) is 3.68. The largest absolute Gasteiger partial charge is 0.463 e. The van der Waals surface area contributed by atoms with Crippen molar-refractivity contribution in [2.75, 3.05) is 13.2 Å². The maximum absolute atomic E-state index is 12.3. The topological polar surface area (TPSA) is 104 Å². The smallest absolute Gasteiger partial charge is 0.305 e. The Morgan fingerprint density at radius 2 is 1.29 bits per heavy atom. The van der Waals surface area contributed by atoms with Crippen LogP contribution < -0.4 is 0 Å². The Morgan fingerprint density at radius 3 is 1.79 bits per heavy atom. The molecular weight excluding hydrogens is 360 g/mol.